The number of nitrogens with one attached hydrogen (secondary N) is 1. The van der Waals surface area contributed by atoms with E-state index in [-0.39, 0.29) is 11.8 Å². The molecule has 4 heterocycles. The fourth-order valence-electron chi connectivity index (χ4n) is 4.09. The summed E-state index contributed by atoms with van der Waals surface area (Å²) in [5.74, 6) is 1.76. The summed E-state index contributed by atoms with van der Waals surface area (Å²) in [5, 5.41) is 6.40. The molecule has 146 valence electrons. The molecule has 6 nitrogen and oxygen atoms in total. The number of nitrogens with zero attached hydrogens (tertiary/aromatic N) is 2. The van der Waals surface area contributed by atoms with Gasteiger partial charge in [-0.15, -0.1) is 11.3 Å². The van der Waals surface area contributed by atoms with E-state index >= 15 is 0 Å². The predicted molar refractivity (Wildman–Crippen MR) is 104 cm³/mol. The number of likely N-dealkylation sites (tertiary alicyclic amines) is 1. The second-order valence-electron chi connectivity index (χ2n) is 7.95. The Labute approximate surface area is 163 Å². The topological polar surface area (TPSA) is 67.6 Å². The highest BCUT2D eigenvalue weighted by atomic mass is 32.1. The average molecular weight is 390 g/mol. The SMILES string of the molecule is CC(C)c1nc(CCNC(=O)[C@]23COC[C@H]2CN(Cc2ccco2)C3)cs1. The molecular formula is C20H27N3O3S. The molecule has 1 amide bonds. The number of fused-ring (bicyclic) bond motifs is 1. The Morgan fingerprint density at radius 1 is 1.52 bits per heavy atom. The minimum absolute atomic E-state index is 0.117. The van der Waals surface area contributed by atoms with E-state index in [0.29, 0.717) is 25.7 Å². The molecule has 0 radical (unpaired) electrons. The number of thiazole rings is 1. The molecule has 2 atom stereocenters. The lowest BCUT2D eigenvalue weighted by Crippen LogP contribution is -2.47. The van der Waals surface area contributed by atoms with Gasteiger partial charge in [0.15, 0.2) is 0 Å². The van der Waals surface area contributed by atoms with Gasteiger partial charge in [-0.1, -0.05) is 13.8 Å². The van der Waals surface area contributed by atoms with Crippen molar-refractivity contribution >= 4 is 17.2 Å². The zero-order chi connectivity index (χ0) is 18.9. The Kier molecular flexibility index (Phi) is 5.34. The second-order valence-corrected chi connectivity index (χ2v) is 8.84. The van der Waals surface area contributed by atoms with Crippen LogP contribution in [0, 0.1) is 11.3 Å². The molecule has 2 aliphatic rings. The van der Waals surface area contributed by atoms with Crippen molar-refractivity contribution in [3.05, 3.63) is 40.2 Å². The van der Waals surface area contributed by atoms with Gasteiger partial charge in [-0.05, 0) is 12.1 Å². The summed E-state index contributed by atoms with van der Waals surface area (Å²) in [5.41, 5.74) is 0.629. The van der Waals surface area contributed by atoms with Gasteiger partial charge < -0.3 is 14.5 Å². The van der Waals surface area contributed by atoms with E-state index in [0.717, 1.165) is 42.5 Å². The Morgan fingerprint density at radius 2 is 2.41 bits per heavy atom. The van der Waals surface area contributed by atoms with Gasteiger partial charge in [0.2, 0.25) is 5.91 Å². The van der Waals surface area contributed by atoms with Crippen molar-refractivity contribution in [1.29, 1.82) is 0 Å². The molecule has 0 saturated carbocycles. The summed E-state index contributed by atoms with van der Waals surface area (Å²) in [6.45, 7) is 8.42. The van der Waals surface area contributed by atoms with Crippen molar-refractivity contribution < 1.29 is 13.9 Å². The molecular weight excluding hydrogens is 362 g/mol. The Hall–Kier alpha value is -1.70. The summed E-state index contributed by atoms with van der Waals surface area (Å²) in [6, 6.07) is 3.89. The van der Waals surface area contributed by atoms with Gasteiger partial charge in [0.1, 0.15) is 5.76 Å². The van der Waals surface area contributed by atoms with Gasteiger partial charge in [-0.2, -0.15) is 0 Å². The van der Waals surface area contributed by atoms with E-state index in [1.54, 1.807) is 17.6 Å². The maximum Gasteiger partial charge on any atom is 0.230 e. The summed E-state index contributed by atoms with van der Waals surface area (Å²) < 4.78 is 11.2. The van der Waals surface area contributed by atoms with Crippen LogP contribution in [0.15, 0.2) is 28.2 Å². The van der Waals surface area contributed by atoms with Crippen LogP contribution in [0.3, 0.4) is 0 Å². The van der Waals surface area contributed by atoms with Crippen LogP contribution in [-0.2, 0) is 22.5 Å². The van der Waals surface area contributed by atoms with Gasteiger partial charge in [-0.3, -0.25) is 9.69 Å². The second kappa shape index (κ2) is 7.73. The van der Waals surface area contributed by atoms with Gasteiger partial charge in [0, 0.05) is 43.3 Å². The first-order valence-corrected chi connectivity index (χ1v) is 10.5. The molecule has 27 heavy (non-hydrogen) atoms. The number of furan rings is 1. The maximum atomic E-state index is 13.0. The fraction of sp³-hybridized carbons (Fsp3) is 0.600. The molecule has 7 heteroatoms. The van der Waals surface area contributed by atoms with Crippen molar-refractivity contribution in [2.45, 2.75) is 32.7 Å². The van der Waals surface area contributed by atoms with Crippen molar-refractivity contribution in [1.82, 2.24) is 15.2 Å². The van der Waals surface area contributed by atoms with Gasteiger partial charge in [0.05, 0.1) is 42.1 Å². The highest BCUT2D eigenvalue weighted by Crippen LogP contribution is 2.42. The minimum atomic E-state index is -0.433. The lowest BCUT2D eigenvalue weighted by atomic mass is 9.80. The molecule has 0 aromatic carbocycles. The highest BCUT2D eigenvalue weighted by molar-refractivity contribution is 7.09. The monoisotopic (exact) mass is 389 g/mol. The molecule has 1 N–H and O–H groups in total. The first kappa shape index (κ1) is 18.7. The number of carbonyl (C=O) groups is 1. The lowest BCUT2D eigenvalue weighted by molar-refractivity contribution is -0.131. The van der Waals surface area contributed by atoms with Crippen LogP contribution in [-0.4, -0.2) is 48.6 Å². The number of aromatic nitrogens is 1. The molecule has 4 rings (SSSR count). The van der Waals surface area contributed by atoms with Crippen LogP contribution in [0.5, 0.6) is 0 Å². The van der Waals surface area contributed by atoms with Crippen LogP contribution in [0.4, 0.5) is 0 Å². The normalized spacial score (nSPS) is 25.2. The number of amides is 1. The molecule has 2 saturated heterocycles. The Balaban J connectivity index is 1.33. The number of rotatable bonds is 7. The third-order valence-corrected chi connectivity index (χ3v) is 6.78. The predicted octanol–water partition coefficient (Wildman–Crippen LogP) is 2.67. The number of carbonyl (C=O) groups excluding carboxylic acids is 1. The Bertz CT molecular complexity index is 773. The van der Waals surface area contributed by atoms with Crippen molar-refractivity contribution in [2.75, 3.05) is 32.8 Å². The summed E-state index contributed by atoms with van der Waals surface area (Å²) in [7, 11) is 0. The van der Waals surface area contributed by atoms with Crippen molar-refractivity contribution in [2.24, 2.45) is 11.3 Å². The molecule has 0 spiro atoms. The Morgan fingerprint density at radius 3 is 3.15 bits per heavy atom. The first-order chi connectivity index (χ1) is 13.1. The van der Waals surface area contributed by atoms with E-state index in [1.807, 2.05) is 12.1 Å². The maximum absolute atomic E-state index is 13.0. The average Bonchev–Trinajstić information content (AvgIpc) is 3.38. The van der Waals surface area contributed by atoms with E-state index in [1.165, 1.54) is 0 Å². The molecule has 2 fully saturated rings. The fourth-order valence-corrected chi connectivity index (χ4v) is 4.96. The summed E-state index contributed by atoms with van der Waals surface area (Å²) in [6.07, 6.45) is 2.47. The van der Waals surface area contributed by atoms with E-state index in [4.69, 9.17) is 9.15 Å². The molecule has 2 aromatic heterocycles. The van der Waals surface area contributed by atoms with E-state index in [2.05, 4.69) is 34.4 Å². The largest absolute Gasteiger partial charge is 0.468 e. The number of ether oxygens (including phenoxy) is 1. The van der Waals surface area contributed by atoms with Crippen LogP contribution < -0.4 is 5.32 Å². The number of hydrogen-bond acceptors (Lipinski definition) is 6. The molecule has 0 unspecified atom stereocenters. The van der Waals surface area contributed by atoms with Crippen molar-refractivity contribution in [3.63, 3.8) is 0 Å². The third-order valence-electron chi connectivity index (χ3n) is 5.59. The van der Waals surface area contributed by atoms with Crippen LogP contribution in [0.25, 0.3) is 0 Å². The van der Waals surface area contributed by atoms with Gasteiger partial charge >= 0.3 is 0 Å². The molecule has 0 bridgehead atoms. The number of hydrogen-bond donors (Lipinski definition) is 1. The molecule has 2 aliphatic heterocycles. The quantitative estimate of drug-likeness (QED) is 0.789. The van der Waals surface area contributed by atoms with Crippen LogP contribution in [0.2, 0.25) is 0 Å². The highest BCUT2D eigenvalue weighted by Gasteiger charge is 2.55. The molecule has 0 aliphatic carbocycles. The zero-order valence-corrected chi connectivity index (χ0v) is 16.8. The third kappa shape index (κ3) is 3.81. The minimum Gasteiger partial charge on any atom is -0.468 e. The summed E-state index contributed by atoms with van der Waals surface area (Å²) >= 11 is 1.70. The van der Waals surface area contributed by atoms with Crippen LogP contribution in [0.1, 0.15) is 36.2 Å². The van der Waals surface area contributed by atoms with E-state index in [9.17, 15) is 4.79 Å². The van der Waals surface area contributed by atoms with Gasteiger partial charge in [-0.25, -0.2) is 4.98 Å². The van der Waals surface area contributed by atoms with E-state index < -0.39 is 5.41 Å². The summed E-state index contributed by atoms with van der Waals surface area (Å²) in [4.78, 5) is 20.0. The lowest BCUT2D eigenvalue weighted by Gasteiger charge is -2.26. The van der Waals surface area contributed by atoms with Crippen molar-refractivity contribution in [3.8, 4) is 0 Å². The van der Waals surface area contributed by atoms with Crippen LogP contribution >= 0.6 is 11.3 Å². The van der Waals surface area contributed by atoms with Gasteiger partial charge in [0.25, 0.3) is 0 Å². The molecule has 2 aromatic rings. The first-order valence-electron chi connectivity index (χ1n) is 9.62. The standard InChI is InChI=1S/C20H27N3O3S/c1-14(2)18-22-16(11-27-18)5-6-21-19(24)20-12-23(8-15(20)10-25-13-20)9-17-4-3-7-26-17/h3-4,7,11,14-15H,5-6,8-10,12-13H2,1-2H3,(H,21,24)/t15-,20-/m1/s1. The zero-order valence-electron chi connectivity index (χ0n) is 15.9. The smallest absolute Gasteiger partial charge is 0.230 e.